The first kappa shape index (κ1) is 15.0. The third kappa shape index (κ3) is 2.59. The second-order valence-corrected chi connectivity index (χ2v) is 5.14. The Morgan fingerprint density at radius 1 is 1.38 bits per heavy atom. The van der Waals surface area contributed by atoms with E-state index in [0.29, 0.717) is 17.5 Å². The molecule has 0 bridgehead atoms. The number of nitrogens with two attached hydrogens (primary N) is 1. The Labute approximate surface area is 122 Å². The maximum Gasteiger partial charge on any atom is 0.325 e. The smallest absolute Gasteiger partial charge is 0.323 e. The van der Waals surface area contributed by atoms with Gasteiger partial charge < -0.3 is 5.32 Å². The van der Waals surface area contributed by atoms with E-state index in [2.05, 4.69) is 10.7 Å². The summed E-state index contributed by atoms with van der Waals surface area (Å²) in [5.74, 6) is 4.39. The summed E-state index contributed by atoms with van der Waals surface area (Å²) < 4.78 is 0. The summed E-state index contributed by atoms with van der Waals surface area (Å²) >= 11 is 0. The van der Waals surface area contributed by atoms with E-state index < -0.39 is 17.5 Å². The van der Waals surface area contributed by atoms with Crippen LogP contribution in [0, 0.1) is 0 Å². The van der Waals surface area contributed by atoms with Crippen molar-refractivity contribution in [3.05, 3.63) is 35.4 Å². The standard InChI is InChI=1S/C14H18N4O3/c1-3-14(2)12(20)18(13(21)16-14)8-9-6-4-5-7-10(9)11(19)17-15/h4-7H,3,8,15H2,1-2H3,(H,16,21)(H,17,19). The molecular weight excluding hydrogens is 272 g/mol. The fraction of sp³-hybridized carbons (Fsp3) is 0.357. The van der Waals surface area contributed by atoms with Gasteiger partial charge in [0.15, 0.2) is 0 Å². The minimum atomic E-state index is -0.887. The average Bonchev–Trinajstić information content (AvgIpc) is 2.71. The first-order valence-electron chi connectivity index (χ1n) is 6.66. The summed E-state index contributed by atoms with van der Waals surface area (Å²) in [4.78, 5) is 37.2. The number of carbonyl (C=O) groups is 3. The molecule has 4 N–H and O–H groups in total. The normalized spacial score (nSPS) is 21.4. The van der Waals surface area contributed by atoms with Crippen LogP contribution in [0.15, 0.2) is 24.3 Å². The Kier molecular flexibility index (Phi) is 3.95. The summed E-state index contributed by atoms with van der Waals surface area (Å²) in [5, 5.41) is 2.67. The first-order valence-corrected chi connectivity index (χ1v) is 6.66. The Hall–Kier alpha value is -2.41. The van der Waals surface area contributed by atoms with Crippen LogP contribution in [0.5, 0.6) is 0 Å². The van der Waals surface area contributed by atoms with E-state index in [-0.39, 0.29) is 12.5 Å². The Balaban J connectivity index is 2.29. The molecule has 1 aliphatic heterocycles. The molecular formula is C14H18N4O3. The van der Waals surface area contributed by atoms with Gasteiger partial charge in [-0.2, -0.15) is 0 Å². The van der Waals surface area contributed by atoms with Crippen LogP contribution in [-0.4, -0.2) is 28.3 Å². The van der Waals surface area contributed by atoms with Crippen molar-refractivity contribution in [1.29, 1.82) is 0 Å². The number of urea groups is 1. The van der Waals surface area contributed by atoms with Crippen LogP contribution in [0.4, 0.5) is 4.79 Å². The van der Waals surface area contributed by atoms with Crippen molar-refractivity contribution in [2.24, 2.45) is 5.84 Å². The summed E-state index contributed by atoms with van der Waals surface area (Å²) in [6.07, 6.45) is 0.499. The molecule has 4 amide bonds. The fourth-order valence-electron chi connectivity index (χ4n) is 2.26. The molecule has 0 aromatic heterocycles. The van der Waals surface area contributed by atoms with E-state index in [9.17, 15) is 14.4 Å². The van der Waals surface area contributed by atoms with Crippen molar-refractivity contribution in [3.8, 4) is 0 Å². The Bertz CT molecular complexity index is 602. The van der Waals surface area contributed by atoms with Crippen molar-refractivity contribution in [2.75, 3.05) is 0 Å². The predicted molar refractivity (Wildman–Crippen MR) is 75.9 cm³/mol. The summed E-state index contributed by atoms with van der Waals surface area (Å²) in [6, 6.07) is 6.25. The number of hydrogen-bond acceptors (Lipinski definition) is 4. The highest BCUT2D eigenvalue weighted by atomic mass is 16.2. The number of imide groups is 1. The van der Waals surface area contributed by atoms with Crippen LogP contribution in [0.1, 0.15) is 36.2 Å². The van der Waals surface area contributed by atoms with Gasteiger partial charge in [-0.05, 0) is 25.0 Å². The first-order chi connectivity index (χ1) is 9.92. The fourth-order valence-corrected chi connectivity index (χ4v) is 2.26. The van der Waals surface area contributed by atoms with Crippen LogP contribution in [-0.2, 0) is 11.3 Å². The highest BCUT2D eigenvalue weighted by Crippen LogP contribution is 2.23. The van der Waals surface area contributed by atoms with E-state index in [1.807, 2.05) is 6.92 Å². The lowest BCUT2D eigenvalue weighted by Crippen LogP contribution is -2.43. The number of amides is 4. The van der Waals surface area contributed by atoms with E-state index in [1.54, 1.807) is 31.2 Å². The second kappa shape index (κ2) is 5.53. The zero-order valence-corrected chi connectivity index (χ0v) is 12.0. The monoisotopic (exact) mass is 290 g/mol. The molecule has 1 saturated heterocycles. The molecule has 0 saturated carbocycles. The minimum Gasteiger partial charge on any atom is -0.323 e. The largest absolute Gasteiger partial charge is 0.325 e. The van der Waals surface area contributed by atoms with Gasteiger partial charge in [0.25, 0.3) is 11.8 Å². The zero-order valence-electron chi connectivity index (χ0n) is 12.0. The molecule has 1 fully saturated rings. The quantitative estimate of drug-likeness (QED) is 0.325. The van der Waals surface area contributed by atoms with Gasteiger partial charge >= 0.3 is 6.03 Å². The number of nitrogens with zero attached hydrogens (tertiary/aromatic N) is 1. The number of nitrogens with one attached hydrogen (secondary N) is 2. The number of hydrazine groups is 1. The molecule has 1 aliphatic rings. The van der Waals surface area contributed by atoms with Crippen LogP contribution >= 0.6 is 0 Å². The van der Waals surface area contributed by atoms with E-state index in [1.165, 1.54) is 0 Å². The number of nitrogen functional groups attached to an aromatic ring is 1. The molecule has 112 valence electrons. The van der Waals surface area contributed by atoms with Crippen molar-refractivity contribution in [1.82, 2.24) is 15.6 Å². The molecule has 1 unspecified atom stereocenters. The van der Waals surface area contributed by atoms with Crippen molar-refractivity contribution in [3.63, 3.8) is 0 Å². The van der Waals surface area contributed by atoms with Gasteiger partial charge in [-0.3, -0.25) is 19.9 Å². The topological polar surface area (TPSA) is 105 Å². The molecule has 21 heavy (non-hydrogen) atoms. The Morgan fingerprint density at radius 3 is 2.62 bits per heavy atom. The third-order valence-corrected chi connectivity index (χ3v) is 3.77. The lowest BCUT2D eigenvalue weighted by molar-refractivity contribution is -0.131. The zero-order chi connectivity index (χ0) is 15.6. The molecule has 0 aliphatic carbocycles. The van der Waals surface area contributed by atoms with Gasteiger partial charge in [-0.15, -0.1) is 0 Å². The number of carbonyl (C=O) groups excluding carboxylic acids is 3. The minimum absolute atomic E-state index is 0.0316. The second-order valence-electron chi connectivity index (χ2n) is 5.14. The van der Waals surface area contributed by atoms with Crippen LogP contribution in [0.3, 0.4) is 0 Å². The highest BCUT2D eigenvalue weighted by Gasteiger charge is 2.46. The maximum absolute atomic E-state index is 12.3. The summed E-state index contributed by atoms with van der Waals surface area (Å²) in [5.41, 5.74) is 2.06. The number of benzene rings is 1. The molecule has 7 heteroatoms. The number of rotatable bonds is 4. The van der Waals surface area contributed by atoms with Gasteiger partial charge in [-0.1, -0.05) is 25.1 Å². The van der Waals surface area contributed by atoms with Crippen molar-refractivity contribution >= 4 is 17.8 Å². The third-order valence-electron chi connectivity index (χ3n) is 3.77. The average molecular weight is 290 g/mol. The van der Waals surface area contributed by atoms with Gasteiger partial charge in [-0.25, -0.2) is 10.6 Å². The van der Waals surface area contributed by atoms with E-state index in [4.69, 9.17) is 5.84 Å². The number of hydrogen-bond donors (Lipinski definition) is 3. The SMILES string of the molecule is CCC1(C)NC(=O)N(Cc2ccccc2C(=O)NN)C1=O. The van der Waals surface area contributed by atoms with Crippen LogP contribution in [0.2, 0.25) is 0 Å². The van der Waals surface area contributed by atoms with Crippen LogP contribution < -0.4 is 16.6 Å². The molecule has 1 aromatic carbocycles. The lowest BCUT2D eigenvalue weighted by Gasteiger charge is -2.19. The molecule has 0 radical (unpaired) electrons. The maximum atomic E-state index is 12.3. The molecule has 1 aromatic rings. The van der Waals surface area contributed by atoms with Crippen LogP contribution in [0.25, 0.3) is 0 Å². The summed E-state index contributed by atoms with van der Waals surface area (Å²) in [6.45, 7) is 3.55. The van der Waals surface area contributed by atoms with Gasteiger partial charge in [0.1, 0.15) is 5.54 Å². The van der Waals surface area contributed by atoms with Crippen molar-refractivity contribution < 1.29 is 14.4 Å². The molecule has 7 nitrogen and oxygen atoms in total. The van der Waals surface area contributed by atoms with E-state index in [0.717, 1.165) is 4.90 Å². The van der Waals surface area contributed by atoms with Gasteiger partial charge in [0.05, 0.1) is 6.54 Å². The van der Waals surface area contributed by atoms with Crippen molar-refractivity contribution in [2.45, 2.75) is 32.4 Å². The van der Waals surface area contributed by atoms with Gasteiger partial charge in [0, 0.05) is 5.56 Å². The summed E-state index contributed by atoms with van der Waals surface area (Å²) in [7, 11) is 0. The predicted octanol–water partition coefficient (Wildman–Crippen LogP) is 0.511. The highest BCUT2D eigenvalue weighted by molar-refractivity contribution is 6.07. The lowest BCUT2D eigenvalue weighted by atomic mass is 9.99. The van der Waals surface area contributed by atoms with Gasteiger partial charge in [0.2, 0.25) is 0 Å². The van der Waals surface area contributed by atoms with E-state index >= 15 is 0 Å². The molecule has 2 rings (SSSR count). The Morgan fingerprint density at radius 2 is 2.05 bits per heavy atom. The molecule has 0 spiro atoms. The molecule has 1 heterocycles. The molecule has 1 atom stereocenters.